The van der Waals surface area contributed by atoms with E-state index >= 15 is 0 Å². The molecule has 2 aromatic rings. The van der Waals surface area contributed by atoms with E-state index in [1.165, 1.54) is 13.8 Å². The molecule has 61 heavy (non-hydrogen) atoms. The second kappa shape index (κ2) is 23.8. The molecule has 8 atom stereocenters. The van der Waals surface area contributed by atoms with Crippen LogP contribution in [0.4, 0.5) is 5.82 Å². The van der Waals surface area contributed by atoms with Crippen molar-refractivity contribution < 1.29 is 85.6 Å². The number of fused-ring (bicyclic) bond motifs is 1. The standard InChI is InChI=1S/C32H54N7O18P3S/c1-4-5-6-7-8-9-10-20(40)15-23(42)61-14-13-34-22(41)11-12-35-30(45)27(44)32(2,3)17-54-60(51,52)57-59(49,50)53-16-21-26(56-58(46,47)48)25(43)31(55-21)39-19-38-24-28(33)36-18-37-29(24)39/h9-10,18-21,25-27,31,40,43-44H,4-8,11-17H2,1-3H3,(H,34,41)(H,35,45)(H,49,50)(H,51,52)(H2,33,36,37)(H2,46,47,48)/p-4/b10-9+/t20-,21-,25-,26-,27+,31-/m1/s1. The Morgan fingerprint density at radius 1 is 1.05 bits per heavy atom. The van der Waals surface area contributed by atoms with E-state index < -0.39 is 90.7 Å². The van der Waals surface area contributed by atoms with Crippen LogP contribution in [0.25, 0.3) is 11.2 Å². The average molecular weight is 946 g/mol. The van der Waals surface area contributed by atoms with E-state index in [1.54, 1.807) is 6.08 Å². The maximum atomic E-state index is 12.6. The number of hydrogen-bond donors (Lipinski definition) is 6. The van der Waals surface area contributed by atoms with Gasteiger partial charge in [0.2, 0.25) is 11.8 Å². The molecule has 1 fully saturated rings. The molecule has 0 radical (unpaired) electrons. The molecule has 1 saturated heterocycles. The van der Waals surface area contributed by atoms with Gasteiger partial charge >= 0.3 is 0 Å². The quantitative estimate of drug-likeness (QED) is 0.0334. The number of amides is 2. The van der Waals surface area contributed by atoms with E-state index in [-0.39, 0.29) is 53.8 Å². The fourth-order valence-corrected chi connectivity index (χ4v) is 8.97. The highest BCUT2D eigenvalue weighted by molar-refractivity contribution is 8.13. The number of nitrogens with one attached hydrogen (secondary N) is 2. The molecule has 7 N–H and O–H groups in total. The lowest BCUT2D eigenvalue weighted by Crippen LogP contribution is -2.46. The predicted octanol–water partition coefficient (Wildman–Crippen LogP) is -1.59. The number of phosphoric ester groups is 3. The number of aliphatic hydroxyl groups excluding tert-OH is 3. The van der Waals surface area contributed by atoms with Crippen LogP contribution in [0.3, 0.4) is 0 Å². The van der Waals surface area contributed by atoms with Gasteiger partial charge in [0.1, 0.15) is 36.3 Å². The summed E-state index contributed by atoms with van der Waals surface area (Å²) in [5.41, 5.74) is 4.04. The van der Waals surface area contributed by atoms with Crippen molar-refractivity contribution in [2.45, 2.75) is 102 Å². The van der Waals surface area contributed by atoms with Crippen LogP contribution in [0.15, 0.2) is 24.8 Å². The smallest absolute Gasteiger partial charge is 0.274 e. The number of unbranched alkanes of at least 4 members (excludes halogenated alkanes) is 4. The lowest BCUT2D eigenvalue weighted by Gasteiger charge is -2.36. The predicted molar refractivity (Wildman–Crippen MR) is 207 cm³/mol. The van der Waals surface area contributed by atoms with Gasteiger partial charge in [0, 0.05) is 37.1 Å². The highest BCUT2D eigenvalue weighted by atomic mass is 32.2. The SMILES string of the molecule is CCCCCC/C=C/[C@@H](O)CC(=O)SCCNC(=O)CCNC(=O)[C@H](O)C(C)(C)COP(=O)([O-])OP(=O)([O-])OC[C@H]1O[C@@H](n2cnc3c(N)ncnc32)[C@H](O)[C@@H]1OP(=O)([O-])[O-]. The summed E-state index contributed by atoms with van der Waals surface area (Å²) in [7, 11) is -17.6. The van der Waals surface area contributed by atoms with Crippen LogP contribution in [0.1, 0.15) is 71.9 Å². The Hall–Kier alpha value is -2.74. The van der Waals surface area contributed by atoms with Gasteiger partial charge in [0.05, 0.1) is 33.5 Å². The highest BCUT2D eigenvalue weighted by Gasteiger charge is 2.47. The molecule has 29 heteroatoms. The Kier molecular flexibility index (Phi) is 20.5. The van der Waals surface area contributed by atoms with Crippen molar-refractivity contribution in [3.8, 4) is 0 Å². The van der Waals surface area contributed by atoms with E-state index in [4.69, 9.17) is 10.5 Å². The van der Waals surface area contributed by atoms with Crippen LogP contribution in [0.2, 0.25) is 0 Å². The number of ether oxygens (including phenoxy) is 1. The summed E-state index contributed by atoms with van der Waals surface area (Å²) in [5, 5.41) is 36.0. The maximum Gasteiger partial charge on any atom is 0.274 e. The molecule has 3 heterocycles. The van der Waals surface area contributed by atoms with Crippen molar-refractivity contribution in [3.05, 3.63) is 24.8 Å². The van der Waals surface area contributed by atoms with Gasteiger partial charge in [0.15, 0.2) is 22.8 Å². The molecule has 0 aromatic carbocycles. The van der Waals surface area contributed by atoms with Crippen LogP contribution >= 0.6 is 35.2 Å². The Bertz CT molecular complexity index is 1950. The minimum Gasteiger partial charge on any atom is -0.790 e. The Morgan fingerprint density at radius 2 is 1.75 bits per heavy atom. The number of carbonyl (C=O) groups excluding carboxylic acids is 3. The zero-order valence-corrected chi connectivity index (χ0v) is 36.8. The summed E-state index contributed by atoms with van der Waals surface area (Å²) >= 11 is 0.943. The fourth-order valence-electron chi connectivity index (χ4n) is 5.51. The number of anilines is 1. The molecule has 2 amide bonds. The Labute approximate surface area is 354 Å². The third kappa shape index (κ3) is 17.7. The zero-order valence-electron chi connectivity index (χ0n) is 33.3. The van der Waals surface area contributed by atoms with Crippen molar-refractivity contribution in [2.24, 2.45) is 5.41 Å². The molecule has 0 bridgehead atoms. The minimum absolute atomic E-state index is 0.0258. The Morgan fingerprint density at radius 3 is 2.44 bits per heavy atom. The number of nitrogens with zero attached hydrogens (tertiary/aromatic N) is 4. The first-order valence-electron chi connectivity index (χ1n) is 18.8. The molecule has 2 unspecified atom stereocenters. The van der Waals surface area contributed by atoms with Crippen LogP contribution in [-0.4, -0.2) is 114 Å². The molecule has 346 valence electrons. The molecule has 1 aliphatic rings. The molecule has 1 aliphatic heterocycles. The summed E-state index contributed by atoms with van der Waals surface area (Å²) in [6, 6.07) is 0. The lowest BCUT2D eigenvalue weighted by atomic mass is 9.87. The summed E-state index contributed by atoms with van der Waals surface area (Å²) in [4.78, 5) is 96.4. The lowest BCUT2D eigenvalue weighted by molar-refractivity contribution is -0.347. The van der Waals surface area contributed by atoms with Crippen molar-refractivity contribution in [1.82, 2.24) is 30.2 Å². The molecule has 2 aromatic heterocycles. The molecular formula is C32H50N7O18P3S-4. The molecule has 0 spiro atoms. The normalized spacial score (nSPS) is 21.5. The average Bonchev–Trinajstić information content (AvgIpc) is 3.72. The number of thioether (sulfide) groups is 1. The zero-order chi connectivity index (χ0) is 45.6. The minimum atomic E-state index is -5.93. The monoisotopic (exact) mass is 945 g/mol. The molecule has 3 rings (SSSR count). The van der Waals surface area contributed by atoms with Crippen LogP contribution in [0.5, 0.6) is 0 Å². The number of imidazole rings is 1. The number of aliphatic hydroxyl groups is 3. The third-order valence-electron chi connectivity index (χ3n) is 8.70. The van der Waals surface area contributed by atoms with Gasteiger partial charge in [-0.2, -0.15) is 0 Å². The summed E-state index contributed by atoms with van der Waals surface area (Å²) in [6.45, 7) is 2.07. The number of aromatic nitrogens is 4. The van der Waals surface area contributed by atoms with Gasteiger partial charge in [-0.25, -0.2) is 19.3 Å². The number of phosphoric acid groups is 3. The number of hydrogen-bond acceptors (Lipinski definition) is 23. The summed E-state index contributed by atoms with van der Waals surface area (Å²) in [6.07, 6.45) is 0.00427. The molecular weight excluding hydrogens is 895 g/mol. The van der Waals surface area contributed by atoms with Gasteiger partial charge in [-0.05, 0) is 12.8 Å². The van der Waals surface area contributed by atoms with E-state index in [1.807, 2.05) is 6.08 Å². The van der Waals surface area contributed by atoms with Gasteiger partial charge in [-0.1, -0.05) is 63.9 Å². The van der Waals surface area contributed by atoms with E-state index in [0.29, 0.717) is 0 Å². The molecule has 25 nitrogen and oxygen atoms in total. The van der Waals surface area contributed by atoms with E-state index in [9.17, 15) is 63.0 Å². The number of nitrogen functional groups attached to an aromatic ring is 1. The molecule has 0 saturated carbocycles. The van der Waals surface area contributed by atoms with Crippen LogP contribution < -0.4 is 35.9 Å². The van der Waals surface area contributed by atoms with Gasteiger partial charge in [-0.15, -0.1) is 0 Å². The van der Waals surface area contributed by atoms with Crippen molar-refractivity contribution in [3.63, 3.8) is 0 Å². The molecule has 0 aliphatic carbocycles. The van der Waals surface area contributed by atoms with Crippen molar-refractivity contribution >= 4 is 69.1 Å². The van der Waals surface area contributed by atoms with E-state index in [2.05, 4.69) is 50.4 Å². The Balaban J connectivity index is 1.41. The van der Waals surface area contributed by atoms with Crippen molar-refractivity contribution in [2.75, 3.05) is 37.8 Å². The first-order valence-corrected chi connectivity index (χ1v) is 24.1. The number of allylic oxidation sites excluding steroid dienone is 1. The van der Waals surface area contributed by atoms with Crippen molar-refractivity contribution in [1.29, 1.82) is 0 Å². The fraction of sp³-hybridized carbons (Fsp3) is 0.688. The van der Waals surface area contributed by atoms with E-state index in [0.717, 1.165) is 61.1 Å². The summed E-state index contributed by atoms with van der Waals surface area (Å²) in [5.74, 6) is -1.37. The van der Waals surface area contributed by atoms with Crippen LogP contribution in [0, 0.1) is 5.41 Å². The third-order valence-corrected chi connectivity index (χ3v) is 12.6. The number of carbonyl (C=O) groups is 3. The second-order valence-electron chi connectivity index (χ2n) is 14.3. The van der Waals surface area contributed by atoms with Gasteiger partial charge < -0.3 is 74.1 Å². The van der Waals surface area contributed by atoms with Gasteiger partial charge in [0.25, 0.3) is 15.6 Å². The topological polar surface area (TPSA) is 395 Å². The van der Waals surface area contributed by atoms with Crippen LogP contribution in [-0.2, 0) is 50.7 Å². The second-order valence-corrected chi connectivity index (χ2v) is 19.5. The number of rotatable bonds is 27. The first-order chi connectivity index (χ1) is 28.4. The highest BCUT2D eigenvalue weighted by Crippen LogP contribution is 2.56. The first kappa shape index (κ1) is 52.6. The summed E-state index contributed by atoms with van der Waals surface area (Å²) < 4.78 is 60.6. The van der Waals surface area contributed by atoms with Gasteiger partial charge in [-0.3, -0.25) is 28.1 Å². The maximum absolute atomic E-state index is 12.6. The largest absolute Gasteiger partial charge is 0.790 e. The number of nitrogens with two attached hydrogens (primary N) is 1.